The molecule has 0 bridgehead atoms. The zero-order chi connectivity index (χ0) is 33.2. The van der Waals surface area contributed by atoms with Gasteiger partial charge in [0.15, 0.2) is 15.0 Å². The fourth-order valence-corrected chi connectivity index (χ4v) is 25.0. The third-order valence-electron chi connectivity index (χ3n) is 12.0. The van der Waals surface area contributed by atoms with Crippen molar-refractivity contribution in [1.29, 1.82) is 0 Å². The van der Waals surface area contributed by atoms with E-state index in [0.717, 1.165) is 103 Å². The quantitative estimate of drug-likeness (QED) is 0.209. The third-order valence-corrected chi connectivity index (χ3v) is 24.5. The molecule has 0 unspecified atom stereocenters. The zero-order valence-corrected chi connectivity index (χ0v) is 33.0. The third kappa shape index (κ3) is 6.86. The molecule has 1 aromatic carbocycles. The van der Waals surface area contributed by atoms with E-state index in [4.69, 9.17) is 18.5 Å². The van der Waals surface area contributed by atoms with E-state index in [9.17, 15) is 0 Å². The summed E-state index contributed by atoms with van der Waals surface area (Å²) in [6, 6.07) is 8.59. The van der Waals surface area contributed by atoms with Crippen LogP contribution in [0.1, 0.15) is 89.9 Å². The van der Waals surface area contributed by atoms with E-state index in [0.29, 0.717) is 0 Å². The van der Waals surface area contributed by atoms with Crippen LogP contribution in [0.2, 0.25) is 0 Å². The molecule has 0 radical (unpaired) electrons. The SMILES string of the molecule is COc1ccc(N=P(N=P(N2CCCC2)(N2CCCC2)N2CCCC2)(N=P(N2CCCC2)(N2CCCC2)N2CCCC2)N2CCCC2)cc1. The van der Waals surface area contributed by atoms with Crippen LogP contribution in [0.25, 0.3) is 0 Å². The van der Waals surface area contributed by atoms with Crippen LogP contribution in [0.3, 0.4) is 0 Å². The molecule has 0 N–H and O–H groups in total. The van der Waals surface area contributed by atoms with Crippen molar-refractivity contribution < 1.29 is 4.74 Å². The van der Waals surface area contributed by atoms with E-state index in [1.54, 1.807) is 7.11 Å². The molecule has 0 atom stereocenters. The van der Waals surface area contributed by atoms with Crippen molar-refractivity contribution in [2.45, 2.75) is 89.9 Å². The maximum absolute atomic E-state index is 6.71. The molecule has 0 spiro atoms. The Morgan fingerprint density at radius 3 is 0.939 bits per heavy atom. The van der Waals surface area contributed by atoms with E-state index in [-0.39, 0.29) is 0 Å². The standard InChI is InChI=1S/C35H63N10OP3/c1-46-35-18-16-34(17-19-35)36-47(39-20-2-3-21-39,37-48(40-22-4-5-23-40,41-24-6-7-25-41)42-26-8-9-27-42)38-49(43-28-10-11-29-43,44-30-12-13-31-44)45-32-14-15-33-45/h16-19H,2-15,20-33H2,1H3. The van der Waals surface area contributed by atoms with Gasteiger partial charge in [-0.3, -0.25) is 0 Å². The molecule has 0 aromatic heterocycles. The second-order valence-electron chi connectivity index (χ2n) is 15.2. The summed E-state index contributed by atoms with van der Waals surface area (Å²) in [6.07, 6.45) is 17.9. The van der Waals surface area contributed by atoms with Gasteiger partial charge in [0.05, 0.1) is 12.8 Å². The van der Waals surface area contributed by atoms with Crippen LogP contribution < -0.4 is 4.74 Å². The molecule has 274 valence electrons. The Hall–Kier alpha value is -0.570. The van der Waals surface area contributed by atoms with Crippen molar-refractivity contribution in [3.05, 3.63) is 24.3 Å². The van der Waals surface area contributed by atoms with Gasteiger partial charge in [0.2, 0.25) is 0 Å². The molecule has 1 aromatic rings. The van der Waals surface area contributed by atoms with Crippen molar-refractivity contribution in [1.82, 2.24) is 32.7 Å². The number of hydrogen-bond acceptors (Lipinski definition) is 2. The topological polar surface area (TPSA) is 69.0 Å². The van der Waals surface area contributed by atoms with Crippen LogP contribution in [0.15, 0.2) is 38.0 Å². The van der Waals surface area contributed by atoms with Crippen molar-refractivity contribution >= 4 is 28.2 Å². The van der Waals surface area contributed by atoms with Crippen LogP contribution >= 0.6 is 22.5 Å². The van der Waals surface area contributed by atoms with Gasteiger partial charge in [0.1, 0.15) is 5.75 Å². The van der Waals surface area contributed by atoms with E-state index >= 15 is 0 Å². The molecule has 7 aliphatic heterocycles. The Balaban J connectivity index is 1.48. The average molecular weight is 733 g/mol. The first-order valence-electron chi connectivity index (χ1n) is 20.0. The minimum Gasteiger partial charge on any atom is -0.497 e. The van der Waals surface area contributed by atoms with E-state index in [1.165, 1.54) is 89.9 Å². The lowest BCUT2D eigenvalue weighted by Gasteiger charge is -2.49. The predicted octanol–water partition coefficient (Wildman–Crippen LogP) is 8.84. The van der Waals surface area contributed by atoms with Crippen molar-refractivity contribution in [2.24, 2.45) is 13.8 Å². The molecule has 14 heteroatoms. The molecule has 8 rings (SSSR count). The normalized spacial score (nSPS) is 26.5. The minimum absolute atomic E-state index is 0.888. The van der Waals surface area contributed by atoms with Gasteiger partial charge in [-0.1, -0.05) is 0 Å². The summed E-state index contributed by atoms with van der Waals surface area (Å²) < 4.78 is 45.4. The summed E-state index contributed by atoms with van der Waals surface area (Å²) in [6.45, 7) is 16.1. The fourth-order valence-electron chi connectivity index (χ4n) is 9.55. The van der Waals surface area contributed by atoms with E-state index in [2.05, 4.69) is 57.0 Å². The molecule has 0 aliphatic carbocycles. The Labute approximate surface area is 297 Å². The Bertz CT molecular complexity index is 1250. The van der Waals surface area contributed by atoms with Crippen LogP contribution in [-0.2, 0) is 0 Å². The fraction of sp³-hybridized carbons (Fsp3) is 0.829. The highest BCUT2D eigenvalue weighted by molar-refractivity contribution is 7.76. The molecular formula is C35H63N10OP3. The number of methoxy groups -OCH3 is 1. The smallest absolute Gasteiger partial charge is 0.264 e. The summed E-state index contributed by atoms with van der Waals surface area (Å²) in [5.41, 5.74) is 1.03. The highest BCUT2D eigenvalue weighted by Crippen LogP contribution is 2.78. The summed E-state index contributed by atoms with van der Waals surface area (Å²) in [5.74, 6) is 0.888. The molecular weight excluding hydrogens is 669 g/mol. The van der Waals surface area contributed by atoms with Gasteiger partial charge >= 0.3 is 0 Å². The van der Waals surface area contributed by atoms with Gasteiger partial charge in [-0.05, 0) is 114 Å². The summed E-state index contributed by atoms with van der Waals surface area (Å²) in [7, 11) is -5.59. The molecule has 7 fully saturated rings. The summed E-state index contributed by atoms with van der Waals surface area (Å²) in [5, 5.41) is 0. The number of nitrogens with zero attached hydrogens (tertiary/aromatic N) is 10. The second kappa shape index (κ2) is 15.8. The maximum Gasteiger partial charge on any atom is 0.264 e. The Morgan fingerprint density at radius 1 is 0.408 bits per heavy atom. The van der Waals surface area contributed by atoms with Crippen molar-refractivity contribution in [3.63, 3.8) is 0 Å². The number of rotatable bonds is 11. The zero-order valence-electron chi connectivity index (χ0n) is 30.3. The number of ether oxygens (including phenoxy) is 1. The van der Waals surface area contributed by atoms with Gasteiger partial charge in [0.25, 0.3) is 7.51 Å². The first-order valence-corrected chi connectivity index (χ1v) is 24.8. The van der Waals surface area contributed by atoms with Crippen LogP contribution in [0.5, 0.6) is 5.75 Å². The van der Waals surface area contributed by atoms with Crippen molar-refractivity contribution in [2.75, 3.05) is 98.7 Å². The van der Waals surface area contributed by atoms with Crippen molar-refractivity contribution in [3.8, 4) is 5.75 Å². The number of benzene rings is 1. The van der Waals surface area contributed by atoms with Gasteiger partial charge in [0, 0.05) is 91.6 Å². The molecule has 0 amide bonds. The molecule has 49 heavy (non-hydrogen) atoms. The first-order chi connectivity index (χ1) is 24.2. The van der Waals surface area contributed by atoms with Crippen LogP contribution in [-0.4, -0.2) is 131 Å². The van der Waals surface area contributed by atoms with Crippen LogP contribution in [0.4, 0.5) is 5.69 Å². The van der Waals surface area contributed by atoms with Gasteiger partial charge in [-0.15, -0.1) is 0 Å². The monoisotopic (exact) mass is 732 g/mol. The maximum atomic E-state index is 6.71. The summed E-state index contributed by atoms with van der Waals surface area (Å²) >= 11 is 0. The lowest BCUT2D eigenvalue weighted by molar-refractivity contribution is 0.383. The average Bonchev–Trinajstić information content (AvgIpc) is 3.97. The summed E-state index contributed by atoms with van der Waals surface area (Å²) in [4.78, 5) is 0. The Morgan fingerprint density at radius 2 is 0.673 bits per heavy atom. The highest BCUT2D eigenvalue weighted by Gasteiger charge is 2.50. The molecule has 7 aliphatic rings. The van der Waals surface area contributed by atoms with E-state index < -0.39 is 22.5 Å². The van der Waals surface area contributed by atoms with Gasteiger partial charge in [-0.2, -0.15) is 9.03 Å². The Kier molecular flexibility index (Phi) is 11.4. The van der Waals surface area contributed by atoms with Gasteiger partial charge < -0.3 is 4.74 Å². The van der Waals surface area contributed by atoms with Gasteiger partial charge in [-0.25, -0.2) is 37.4 Å². The lowest BCUT2D eigenvalue weighted by atomic mass is 10.3. The molecule has 7 saturated heterocycles. The predicted molar refractivity (Wildman–Crippen MR) is 206 cm³/mol. The first kappa shape index (κ1) is 35.5. The largest absolute Gasteiger partial charge is 0.497 e. The molecule has 7 heterocycles. The second-order valence-corrected chi connectivity index (χ2v) is 24.0. The van der Waals surface area contributed by atoms with Crippen LogP contribution in [0, 0.1) is 0 Å². The molecule has 11 nitrogen and oxygen atoms in total. The molecule has 0 saturated carbocycles. The lowest BCUT2D eigenvalue weighted by Crippen LogP contribution is -2.39. The minimum atomic E-state index is -2.83. The number of hydrogen-bond donors (Lipinski definition) is 0. The van der Waals surface area contributed by atoms with E-state index in [1.807, 2.05) is 0 Å². The highest BCUT2D eigenvalue weighted by atomic mass is 31.2.